The molecule has 25 heavy (non-hydrogen) atoms. The summed E-state index contributed by atoms with van der Waals surface area (Å²) in [5.41, 5.74) is 1.54. The Morgan fingerprint density at radius 1 is 1.12 bits per heavy atom. The Morgan fingerprint density at radius 2 is 1.80 bits per heavy atom. The van der Waals surface area contributed by atoms with Crippen LogP contribution in [0.15, 0.2) is 48.5 Å². The number of hydrogen-bond donors (Lipinski definition) is 1. The van der Waals surface area contributed by atoms with E-state index in [0.717, 1.165) is 15.6 Å². The molecule has 1 N–H and O–H groups in total. The molecule has 0 saturated carbocycles. The van der Waals surface area contributed by atoms with E-state index < -0.39 is 0 Å². The van der Waals surface area contributed by atoms with Gasteiger partial charge in [0, 0.05) is 36.3 Å². The van der Waals surface area contributed by atoms with Gasteiger partial charge in [-0.2, -0.15) is 0 Å². The molecule has 0 aliphatic rings. The monoisotopic (exact) mass is 372 g/mol. The predicted octanol–water partition coefficient (Wildman–Crippen LogP) is 4.19. The molecular weight excluding hydrogens is 356 g/mol. The molecule has 3 rings (SSSR count). The van der Waals surface area contributed by atoms with Crippen molar-refractivity contribution in [2.45, 2.75) is 6.54 Å². The van der Waals surface area contributed by atoms with Gasteiger partial charge in [0.2, 0.25) is 0 Å². The molecule has 0 fully saturated rings. The van der Waals surface area contributed by atoms with Crippen LogP contribution in [0.25, 0.3) is 10.1 Å². The number of nitrogens with one attached hydrogen (secondary N) is 1. The van der Waals surface area contributed by atoms with Gasteiger partial charge in [-0.1, -0.05) is 41.9 Å². The van der Waals surface area contributed by atoms with Gasteiger partial charge in [0.1, 0.15) is 4.88 Å². The van der Waals surface area contributed by atoms with Crippen molar-refractivity contribution >= 4 is 44.8 Å². The van der Waals surface area contributed by atoms with Gasteiger partial charge < -0.3 is 10.2 Å². The van der Waals surface area contributed by atoms with Gasteiger partial charge in [-0.25, -0.2) is 0 Å². The van der Waals surface area contributed by atoms with E-state index >= 15 is 0 Å². The highest BCUT2D eigenvalue weighted by atomic mass is 35.5. The van der Waals surface area contributed by atoms with Gasteiger partial charge in [0.15, 0.2) is 0 Å². The minimum Gasteiger partial charge on any atom is -0.355 e. The zero-order valence-electron chi connectivity index (χ0n) is 13.9. The van der Waals surface area contributed by atoms with Crippen LogP contribution < -0.4 is 5.32 Å². The molecule has 0 radical (unpaired) electrons. The lowest BCUT2D eigenvalue weighted by Crippen LogP contribution is -2.25. The molecule has 4 nitrogen and oxygen atoms in total. The first kappa shape index (κ1) is 17.5. The van der Waals surface area contributed by atoms with E-state index in [1.54, 1.807) is 31.1 Å². The summed E-state index contributed by atoms with van der Waals surface area (Å²) < 4.78 is 0.999. The minimum absolute atomic E-state index is 0.110. The molecule has 2 aromatic carbocycles. The summed E-state index contributed by atoms with van der Waals surface area (Å²) in [6.45, 7) is 0.442. The van der Waals surface area contributed by atoms with E-state index in [1.165, 1.54) is 11.3 Å². The standard InChI is InChI=1S/C19H17ClN2O2S/c1-21-18(23)13-9-7-12(8-10-13)11-22(2)19(24)17-16(20)14-5-3-4-6-15(14)25-17/h3-10H,11H2,1-2H3,(H,21,23). The first-order chi connectivity index (χ1) is 12.0. The third kappa shape index (κ3) is 3.52. The molecule has 0 unspecified atom stereocenters. The van der Waals surface area contributed by atoms with E-state index in [0.29, 0.717) is 22.0 Å². The summed E-state index contributed by atoms with van der Waals surface area (Å²) in [6, 6.07) is 14.9. The number of hydrogen-bond acceptors (Lipinski definition) is 3. The fraction of sp³-hybridized carbons (Fsp3) is 0.158. The molecule has 0 saturated heterocycles. The second-order valence-corrected chi connectivity index (χ2v) is 7.11. The molecule has 0 spiro atoms. The van der Waals surface area contributed by atoms with Gasteiger partial charge in [-0.15, -0.1) is 11.3 Å². The van der Waals surface area contributed by atoms with E-state index in [9.17, 15) is 9.59 Å². The number of benzene rings is 2. The lowest BCUT2D eigenvalue weighted by molar-refractivity contribution is 0.0789. The van der Waals surface area contributed by atoms with Crippen molar-refractivity contribution in [3.8, 4) is 0 Å². The normalized spacial score (nSPS) is 10.7. The SMILES string of the molecule is CNC(=O)c1ccc(CN(C)C(=O)c2sc3ccccc3c2Cl)cc1. The number of halogens is 1. The molecule has 1 heterocycles. The highest BCUT2D eigenvalue weighted by Crippen LogP contribution is 2.35. The molecule has 3 aromatic rings. The van der Waals surface area contributed by atoms with E-state index in [-0.39, 0.29) is 11.8 Å². The van der Waals surface area contributed by atoms with Crippen LogP contribution >= 0.6 is 22.9 Å². The number of fused-ring (bicyclic) bond motifs is 1. The van der Waals surface area contributed by atoms with E-state index in [1.807, 2.05) is 36.4 Å². The maximum absolute atomic E-state index is 12.7. The Kier molecular flexibility index (Phi) is 5.06. The van der Waals surface area contributed by atoms with Crippen molar-refractivity contribution in [1.29, 1.82) is 0 Å². The van der Waals surface area contributed by atoms with Crippen molar-refractivity contribution < 1.29 is 9.59 Å². The maximum atomic E-state index is 12.7. The van der Waals surface area contributed by atoms with Gasteiger partial charge in [0.05, 0.1) is 5.02 Å². The minimum atomic E-state index is -0.131. The zero-order chi connectivity index (χ0) is 18.0. The number of carbonyl (C=O) groups is 2. The van der Waals surface area contributed by atoms with Crippen LogP contribution in [0.2, 0.25) is 5.02 Å². The first-order valence-electron chi connectivity index (χ1n) is 7.74. The van der Waals surface area contributed by atoms with E-state index in [2.05, 4.69) is 5.32 Å². The summed E-state index contributed by atoms with van der Waals surface area (Å²) >= 11 is 7.79. The summed E-state index contributed by atoms with van der Waals surface area (Å²) in [5, 5.41) is 3.99. The number of carbonyl (C=O) groups excluding carboxylic acids is 2. The Balaban J connectivity index is 1.78. The fourth-order valence-electron chi connectivity index (χ4n) is 2.58. The van der Waals surface area contributed by atoms with E-state index in [4.69, 9.17) is 11.6 Å². The molecule has 2 amide bonds. The first-order valence-corrected chi connectivity index (χ1v) is 8.94. The molecule has 0 atom stereocenters. The molecule has 1 aromatic heterocycles. The Labute approximate surface area is 155 Å². The third-order valence-electron chi connectivity index (χ3n) is 3.94. The Hall–Kier alpha value is -2.37. The lowest BCUT2D eigenvalue weighted by atomic mass is 10.1. The Morgan fingerprint density at radius 3 is 2.44 bits per heavy atom. The summed E-state index contributed by atoms with van der Waals surface area (Å²) in [5.74, 6) is -0.241. The predicted molar refractivity (Wildman–Crippen MR) is 102 cm³/mol. The fourth-order valence-corrected chi connectivity index (χ4v) is 4.08. The van der Waals surface area contributed by atoms with Crippen LogP contribution in [0.5, 0.6) is 0 Å². The topological polar surface area (TPSA) is 49.4 Å². The lowest BCUT2D eigenvalue weighted by Gasteiger charge is -2.17. The molecular formula is C19H17ClN2O2S. The average Bonchev–Trinajstić information content (AvgIpc) is 2.98. The molecule has 128 valence electrons. The van der Waals surface area contributed by atoms with Crippen LogP contribution in [0.1, 0.15) is 25.6 Å². The smallest absolute Gasteiger partial charge is 0.265 e. The molecule has 0 aliphatic heterocycles. The highest BCUT2D eigenvalue weighted by Gasteiger charge is 2.20. The van der Waals surface area contributed by atoms with Crippen LogP contribution in [0.3, 0.4) is 0 Å². The number of amides is 2. The third-order valence-corrected chi connectivity index (χ3v) is 5.60. The summed E-state index contributed by atoms with van der Waals surface area (Å²) in [6.07, 6.45) is 0. The van der Waals surface area contributed by atoms with Crippen LogP contribution in [0.4, 0.5) is 0 Å². The summed E-state index contributed by atoms with van der Waals surface area (Å²) in [4.78, 5) is 26.5. The largest absolute Gasteiger partial charge is 0.355 e. The van der Waals surface area contributed by atoms with Gasteiger partial charge >= 0.3 is 0 Å². The second-order valence-electron chi connectivity index (χ2n) is 5.68. The van der Waals surface area contributed by atoms with Crippen LogP contribution in [-0.2, 0) is 6.54 Å². The van der Waals surface area contributed by atoms with Gasteiger partial charge in [-0.3, -0.25) is 9.59 Å². The van der Waals surface area contributed by atoms with Crippen molar-refractivity contribution in [3.05, 3.63) is 69.6 Å². The summed E-state index contributed by atoms with van der Waals surface area (Å²) in [7, 11) is 3.34. The zero-order valence-corrected chi connectivity index (χ0v) is 15.4. The average molecular weight is 373 g/mol. The van der Waals surface area contributed by atoms with Crippen molar-refractivity contribution in [2.24, 2.45) is 0 Å². The number of rotatable bonds is 4. The van der Waals surface area contributed by atoms with Crippen molar-refractivity contribution in [3.63, 3.8) is 0 Å². The van der Waals surface area contributed by atoms with Gasteiger partial charge in [-0.05, 0) is 23.8 Å². The van der Waals surface area contributed by atoms with Crippen LogP contribution in [-0.4, -0.2) is 30.8 Å². The van der Waals surface area contributed by atoms with Gasteiger partial charge in [0.25, 0.3) is 11.8 Å². The quantitative estimate of drug-likeness (QED) is 0.746. The molecule has 0 aliphatic carbocycles. The highest BCUT2D eigenvalue weighted by molar-refractivity contribution is 7.21. The number of nitrogens with zero attached hydrogens (tertiary/aromatic N) is 1. The number of thiophene rings is 1. The Bertz CT molecular complexity index is 934. The van der Waals surface area contributed by atoms with Crippen molar-refractivity contribution in [1.82, 2.24) is 10.2 Å². The van der Waals surface area contributed by atoms with Crippen molar-refractivity contribution in [2.75, 3.05) is 14.1 Å². The maximum Gasteiger partial charge on any atom is 0.265 e. The second kappa shape index (κ2) is 7.25. The molecule has 0 bridgehead atoms. The van der Waals surface area contributed by atoms with Crippen LogP contribution in [0, 0.1) is 0 Å². The molecule has 6 heteroatoms.